The molecular formula is C8H10IN. The number of hydrogen-bond acceptors (Lipinski definition) is 1. The van der Waals surface area contributed by atoms with Crippen molar-refractivity contribution in [1.82, 2.24) is 4.98 Å². The first-order valence-electron chi connectivity index (χ1n) is 3.21. The molecular weight excluding hydrogens is 237 g/mol. The third-order valence-electron chi connectivity index (χ3n) is 1.58. The molecule has 0 bridgehead atoms. The van der Waals surface area contributed by atoms with Crippen LogP contribution in [-0.2, 0) is 0 Å². The molecule has 0 N–H and O–H groups in total. The van der Waals surface area contributed by atoms with E-state index in [1.54, 1.807) is 0 Å². The van der Waals surface area contributed by atoms with Crippen molar-refractivity contribution >= 4 is 22.6 Å². The highest BCUT2D eigenvalue weighted by Crippen LogP contribution is 2.14. The van der Waals surface area contributed by atoms with Gasteiger partial charge in [0.25, 0.3) is 0 Å². The van der Waals surface area contributed by atoms with E-state index < -0.39 is 0 Å². The number of nitrogens with zero attached hydrogens (tertiary/aromatic N) is 1. The lowest BCUT2D eigenvalue weighted by Gasteiger charge is -2.02. The van der Waals surface area contributed by atoms with Crippen molar-refractivity contribution in [3.63, 3.8) is 0 Å². The Bertz CT molecular complexity index is 232. The second-order valence-electron chi connectivity index (χ2n) is 2.46. The van der Waals surface area contributed by atoms with Crippen molar-refractivity contribution in [2.45, 2.75) is 20.8 Å². The van der Waals surface area contributed by atoms with Crippen molar-refractivity contribution < 1.29 is 0 Å². The number of aromatic nitrogens is 1. The predicted octanol–water partition coefficient (Wildman–Crippen LogP) is 2.61. The van der Waals surface area contributed by atoms with Crippen molar-refractivity contribution in [3.05, 3.63) is 26.6 Å². The van der Waals surface area contributed by atoms with Gasteiger partial charge in [0.05, 0.1) is 0 Å². The molecule has 0 saturated carbocycles. The van der Waals surface area contributed by atoms with Gasteiger partial charge < -0.3 is 0 Å². The molecule has 10 heavy (non-hydrogen) atoms. The molecule has 0 radical (unpaired) electrons. The Morgan fingerprint density at radius 2 is 1.90 bits per heavy atom. The van der Waals surface area contributed by atoms with Crippen molar-refractivity contribution in [2.75, 3.05) is 0 Å². The van der Waals surface area contributed by atoms with Gasteiger partial charge in [0.2, 0.25) is 0 Å². The zero-order chi connectivity index (χ0) is 7.72. The maximum atomic E-state index is 4.33. The molecule has 2 heteroatoms. The van der Waals surface area contributed by atoms with Gasteiger partial charge in [0.1, 0.15) is 0 Å². The van der Waals surface area contributed by atoms with Gasteiger partial charge in [-0.15, -0.1) is 0 Å². The molecule has 1 rings (SSSR count). The highest BCUT2D eigenvalue weighted by Gasteiger charge is 1.98. The van der Waals surface area contributed by atoms with Gasteiger partial charge in [-0.05, 0) is 55.0 Å². The summed E-state index contributed by atoms with van der Waals surface area (Å²) < 4.78 is 1.31. The summed E-state index contributed by atoms with van der Waals surface area (Å²) >= 11 is 2.34. The number of halogens is 1. The third-order valence-corrected chi connectivity index (χ3v) is 2.70. The van der Waals surface area contributed by atoms with Crippen LogP contribution in [0.3, 0.4) is 0 Å². The number of pyridine rings is 1. The molecule has 0 aliphatic heterocycles. The Morgan fingerprint density at radius 1 is 1.30 bits per heavy atom. The van der Waals surface area contributed by atoms with Gasteiger partial charge in [-0.1, -0.05) is 0 Å². The number of aryl methyl sites for hydroxylation is 2. The van der Waals surface area contributed by atoms with Crippen LogP contribution in [0.15, 0.2) is 6.07 Å². The predicted molar refractivity (Wildman–Crippen MR) is 51.2 cm³/mol. The second kappa shape index (κ2) is 2.86. The van der Waals surface area contributed by atoms with Crippen LogP contribution in [0.25, 0.3) is 0 Å². The normalized spacial score (nSPS) is 10.0. The summed E-state index contributed by atoms with van der Waals surface area (Å²) in [6, 6.07) is 2.10. The lowest BCUT2D eigenvalue weighted by molar-refractivity contribution is 1.08. The molecule has 0 aliphatic carbocycles. The van der Waals surface area contributed by atoms with Crippen LogP contribution in [0.5, 0.6) is 0 Å². The molecule has 54 valence electrons. The summed E-state index contributed by atoms with van der Waals surface area (Å²) in [5, 5.41) is 0. The van der Waals surface area contributed by atoms with E-state index in [4.69, 9.17) is 0 Å². The van der Waals surface area contributed by atoms with Crippen LogP contribution in [0, 0.1) is 24.3 Å². The van der Waals surface area contributed by atoms with Crippen LogP contribution in [0.4, 0.5) is 0 Å². The molecule has 1 aromatic rings. The van der Waals surface area contributed by atoms with Crippen molar-refractivity contribution in [2.24, 2.45) is 0 Å². The van der Waals surface area contributed by atoms with E-state index >= 15 is 0 Å². The van der Waals surface area contributed by atoms with E-state index in [0.717, 1.165) is 11.4 Å². The van der Waals surface area contributed by atoms with Gasteiger partial charge in [-0.25, -0.2) is 0 Å². The first-order chi connectivity index (χ1) is 4.61. The fraction of sp³-hybridized carbons (Fsp3) is 0.375. The maximum absolute atomic E-state index is 4.33. The van der Waals surface area contributed by atoms with Crippen LogP contribution in [0.2, 0.25) is 0 Å². The first-order valence-corrected chi connectivity index (χ1v) is 4.29. The Kier molecular flexibility index (Phi) is 2.28. The van der Waals surface area contributed by atoms with Crippen LogP contribution < -0.4 is 0 Å². The smallest absolute Gasteiger partial charge is 0.0415 e. The maximum Gasteiger partial charge on any atom is 0.0415 e. The second-order valence-corrected chi connectivity index (χ2v) is 3.62. The Morgan fingerprint density at radius 3 is 2.40 bits per heavy atom. The minimum Gasteiger partial charge on any atom is -0.258 e. The highest BCUT2D eigenvalue weighted by atomic mass is 127. The molecule has 0 fully saturated rings. The summed E-state index contributed by atoms with van der Waals surface area (Å²) in [4.78, 5) is 4.33. The summed E-state index contributed by atoms with van der Waals surface area (Å²) in [7, 11) is 0. The van der Waals surface area contributed by atoms with Crippen LogP contribution >= 0.6 is 22.6 Å². The summed E-state index contributed by atoms with van der Waals surface area (Å²) in [6.45, 7) is 6.17. The lowest BCUT2D eigenvalue weighted by atomic mass is 10.2. The summed E-state index contributed by atoms with van der Waals surface area (Å²) in [5.41, 5.74) is 3.54. The molecule has 0 spiro atoms. The standard InChI is InChI=1S/C8H10IN/c1-5-4-8(9)6(2)7(3)10-5/h4H,1-3H3. The summed E-state index contributed by atoms with van der Waals surface area (Å²) in [6.07, 6.45) is 0. The highest BCUT2D eigenvalue weighted by molar-refractivity contribution is 14.1. The molecule has 0 saturated heterocycles. The average molecular weight is 247 g/mol. The summed E-state index contributed by atoms with van der Waals surface area (Å²) in [5.74, 6) is 0. The van der Waals surface area contributed by atoms with E-state index in [2.05, 4.69) is 40.6 Å². The Balaban J connectivity index is 3.31. The largest absolute Gasteiger partial charge is 0.258 e. The fourth-order valence-corrected chi connectivity index (χ4v) is 1.69. The fourth-order valence-electron chi connectivity index (χ4n) is 0.845. The SMILES string of the molecule is Cc1cc(I)c(C)c(C)n1. The molecule has 1 heterocycles. The Hall–Kier alpha value is -0.120. The van der Waals surface area contributed by atoms with Gasteiger partial charge in [0.15, 0.2) is 0 Å². The van der Waals surface area contributed by atoms with Gasteiger partial charge in [0, 0.05) is 15.0 Å². The van der Waals surface area contributed by atoms with E-state index in [1.807, 2.05) is 13.8 Å². The van der Waals surface area contributed by atoms with Crippen LogP contribution in [-0.4, -0.2) is 4.98 Å². The average Bonchev–Trinajstić information content (AvgIpc) is 1.82. The third kappa shape index (κ3) is 1.48. The molecule has 1 aromatic heterocycles. The van der Waals surface area contributed by atoms with Gasteiger partial charge in [-0.2, -0.15) is 0 Å². The lowest BCUT2D eigenvalue weighted by Crippen LogP contribution is -1.92. The zero-order valence-corrected chi connectivity index (χ0v) is 8.56. The van der Waals surface area contributed by atoms with E-state index in [-0.39, 0.29) is 0 Å². The van der Waals surface area contributed by atoms with Gasteiger partial charge in [-0.3, -0.25) is 4.98 Å². The van der Waals surface area contributed by atoms with Crippen molar-refractivity contribution in [1.29, 1.82) is 0 Å². The number of hydrogen-bond donors (Lipinski definition) is 0. The van der Waals surface area contributed by atoms with Crippen LogP contribution in [0.1, 0.15) is 17.0 Å². The number of rotatable bonds is 0. The minimum atomic E-state index is 1.10. The molecule has 0 aliphatic rings. The molecule has 0 amide bonds. The monoisotopic (exact) mass is 247 g/mol. The quantitative estimate of drug-likeness (QED) is 0.642. The minimum absolute atomic E-state index is 1.10. The van der Waals surface area contributed by atoms with Gasteiger partial charge >= 0.3 is 0 Å². The molecule has 0 aromatic carbocycles. The molecule has 0 atom stereocenters. The topological polar surface area (TPSA) is 12.9 Å². The zero-order valence-electron chi connectivity index (χ0n) is 6.40. The van der Waals surface area contributed by atoms with E-state index in [9.17, 15) is 0 Å². The molecule has 1 nitrogen and oxygen atoms in total. The Labute approximate surface area is 75.0 Å². The molecule has 0 unspecified atom stereocenters. The van der Waals surface area contributed by atoms with E-state index in [1.165, 1.54) is 9.13 Å². The van der Waals surface area contributed by atoms with E-state index in [0.29, 0.717) is 0 Å². The first kappa shape index (κ1) is 7.98. The van der Waals surface area contributed by atoms with Crippen molar-refractivity contribution in [3.8, 4) is 0 Å².